The van der Waals surface area contributed by atoms with Gasteiger partial charge in [-0.05, 0) is 26.8 Å². The van der Waals surface area contributed by atoms with Crippen molar-refractivity contribution >= 4 is 12.1 Å². The summed E-state index contributed by atoms with van der Waals surface area (Å²) in [6, 6.07) is 1.94. The molecule has 0 aromatic carbocycles. The van der Waals surface area contributed by atoms with Crippen molar-refractivity contribution < 1.29 is 9.53 Å². The molecule has 2 N–H and O–H groups in total. The summed E-state index contributed by atoms with van der Waals surface area (Å²) in [6.45, 7) is 7.25. The maximum absolute atomic E-state index is 11.8. The van der Waals surface area contributed by atoms with E-state index in [2.05, 4.69) is 20.7 Å². The minimum Gasteiger partial charge on any atom is -0.444 e. The van der Waals surface area contributed by atoms with Crippen LogP contribution in [0.5, 0.6) is 0 Å². The van der Waals surface area contributed by atoms with E-state index in [1.165, 1.54) is 4.90 Å². The minimum absolute atomic E-state index is 0.336. The number of guanidine groups is 1. The van der Waals surface area contributed by atoms with Crippen LogP contribution in [-0.2, 0) is 18.3 Å². The first-order valence-corrected chi connectivity index (χ1v) is 7.58. The highest BCUT2D eigenvalue weighted by atomic mass is 16.6. The normalized spacial score (nSPS) is 12.0. The number of ether oxygens (including phenoxy) is 1. The molecule has 0 aliphatic heterocycles. The van der Waals surface area contributed by atoms with Crippen LogP contribution >= 0.6 is 0 Å². The molecule has 0 unspecified atom stereocenters. The second kappa shape index (κ2) is 8.40. The van der Waals surface area contributed by atoms with Gasteiger partial charge in [0.05, 0.1) is 12.2 Å². The van der Waals surface area contributed by atoms with Gasteiger partial charge >= 0.3 is 6.09 Å². The zero-order valence-corrected chi connectivity index (χ0v) is 14.9. The van der Waals surface area contributed by atoms with Crippen molar-refractivity contribution in [2.75, 3.05) is 27.2 Å². The van der Waals surface area contributed by atoms with Gasteiger partial charge in [-0.2, -0.15) is 5.10 Å². The standard InChI is InChI=1S/C15H28N6O2/c1-15(2,3)23-14(22)20(5)10-9-17-13(16-4)18-11-12-7-8-19-21(12)6/h7-8H,9-11H2,1-6H3,(H2,16,17,18). The van der Waals surface area contributed by atoms with Gasteiger partial charge in [-0.25, -0.2) is 4.79 Å². The molecule has 1 aromatic heterocycles. The fourth-order valence-corrected chi connectivity index (χ4v) is 1.74. The van der Waals surface area contributed by atoms with Crippen molar-refractivity contribution in [1.29, 1.82) is 0 Å². The molecule has 130 valence electrons. The maximum atomic E-state index is 11.8. The van der Waals surface area contributed by atoms with Gasteiger partial charge in [0, 0.05) is 40.4 Å². The van der Waals surface area contributed by atoms with E-state index in [0.717, 1.165) is 5.69 Å². The number of aliphatic imine (C=N–C) groups is 1. The summed E-state index contributed by atoms with van der Waals surface area (Å²) < 4.78 is 7.10. The lowest BCUT2D eigenvalue weighted by molar-refractivity contribution is 0.0302. The van der Waals surface area contributed by atoms with Gasteiger partial charge in [-0.3, -0.25) is 9.67 Å². The third-order valence-corrected chi connectivity index (χ3v) is 3.03. The van der Waals surface area contributed by atoms with E-state index >= 15 is 0 Å². The van der Waals surface area contributed by atoms with Crippen molar-refractivity contribution in [2.24, 2.45) is 12.0 Å². The summed E-state index contributed by atoms with van der Waals surface area (Å²) in [5, 5.41) is 10.5. The summed E-state index contributed by atoms with van der Waals surface area (Å²) in [7, 11) is 5.31. The molecule has 8 nitrogen and oxygen atoms in total. The Bertz CT molecular complexity index is 532. The SMILES string of the molecule is CN=C(NCCN(C)C(=O)OC(C)(C)C)NCc1ccnn1C. The van der Waals surface area contributed by atoms with Crippen LogP contribution in [0.2, 0.25) is 0 Å². The molecule has 0 aliphatic rings. The van der Waals surface area contributed by atoms with E-state index in [9.17, 15) is 4.79 Å². The number of likely N-dealkylation sites (N-methyl/N-ethyl adjacent to an activating group) is 1. The Labute approximate surface area is 137 Å². The summed E-state index contributed by atoms with van der Waals surface area (Å²) in [5.74, 6) is 0.670. The molecule has 1 rings (SSSR count). The zero-order chi connectivity index (χ0) is 17.5. The summed E-state index contributed by atoms with van der Waals surface area (Å²) in [5.41, 5.74) is 0.568. The van der Waals surface area contributed by atoms with E-state index in [1.807, 2.05) is 33.9 Å². The molecule has 23 heavy (non-hydrogen) atoms. The van der Waals surface area contributed by atoms with Crippen LogP contribution in [0.4, 0.5) is 4.79 Å². The monoisotopic (exact) mass is 324 g/mol. The van der Waals surface area contributed by atoms with Crippen LogP contribution in [0.3, 0.4) is 0 Å². The highest BCUT2D eigenvalue weighted by molar-refractivity contribution is 5.79. The van der Waals surface area contributed by atoms with Gasteiger partial charge in [0.2, 0.25) is 0 Å². The van der Waals surface area contributed by atoms with Gasteiger partial charge in [0.1, 0.15) is 5.60 Å². The Morgan fingerprint density at radius 2 is 2.13 bits per heavy atom. The molecule has 1 heterocycles. The van der Waals surface area contributed by atoms with Crippen LogP contribution in [-0.4, -0.2) is 59.5 Å². The fourth-order valence-electron chi connectivity index (χ4n) is 1.74. The summed E-state index contributed by atoms with van der Waals surface area (Å²) in [6.07, 6.45) is 1.42. The molecular weight excluding hydrogens is 296 g/mol. The van der Waals surface area contributed by atoms with Crippen LogP contribution in [0, 0.1) is 0 Å². The van der Waals surface area contributed by atoms with E-state index in [4.69, 9.17) is 4.74 Å². The number of rotatable bonds is 5. The first-order chi connectivity index (χ1) is 10.7. The van der Waals surface area contributed by atoms with Gasteiger partial charge in [0.15, 0.2) is 5.96 Å². The molecule has 0 bridgehead atoms. The first-order valence-electron chi connectivity index (χ1n) is 7.58. The van der Waals surface area contributed by atoms with Crippen LogP contribution in [0.1, 0.15) is 26.5 Å². The quantitative estimate of drug-likeness (QED) is 0.622. The average Bonchev–Trinajstić information content (AvgIpc) is 2.86. The Kier molecular flexibility index (Phi) is 6.87. The maximum Gasteiger partial charge on any atom is 0.410 e. The van der Waals surface area contributed by atoms with E-state index in [1.54, 1.807) is 25.0 Å². The van der Waals surface area contributed by atoms with Crippen LogP contribution < -0.4 is 10.6 Å². The largest absolute Gasteiger partial charge is 0.444 e. The van der Waals surface area contributed by atoms with Crippen LogP contribution in [0.25, 0.3) is 0 Å². The number of aryl methyl sites for hydroxylation is 1. The number of amides is 1. The highest BCUT2D eigenvalue weighted by Crippen LogP contribution is 2.08. The zero-order valence-electron chi connectivity index (χ0n) is 14.9. The molecule has 1 amide bonds. The number of carbonyl (C=O) groups excluding carboxylic acids is 1. The summed E-state index contributed by atoms with van der Waals surface area (Å²) in [4.78, 5) is 17.5. The molecule has 8 heteroatoms. The number of aromatic nitrogens is 2. The first kappa shape index (κ1) is 18.8. The number of nitrogens with one attached hydrogen (secondary N) is 2. The molecule has 0 radical (unpaired) electrons. The Morgan fingerprint density at radius 3 is 2.65 bits per heavy atom. The Balaban J connectivity index is 2.32. The van der Waals surface area contributed by atoms with Gasteiger partial charge in [0.25, 0.3) is 0 Å². The molecule has 0 fully saturated rings. The molecule has 0 aliphatic carbocycles. The van der Waals surface area contributed by atoms with E-state index in [0.29, 0.717) is 25.6 Å². The summed E-state index contributed by atoms with van der Waals surface area (Å²) >= 11 is 0. The van der Waals surface area contributed by atoms with Crippen molar-refractivity contribution in [1.82, 2.24) is 25.3 Å². The van der Waals surface area contributed by atoms with Gasteiger partial charge in [-0.1, -0.05) is 0 Å². The molecule has 0 atom stereocenters. The second-order valence-electron chi connectivity index (χ2n) is 6.20. The smallest absolute Gasteiger partial charge is 0.410 e. The van der Waals surface area contributed by atoms with Crippen molar-refractivity contribution in [3.63, 3.8) is 0 Å². The average molecular weight is 324 g/mol. The minimum atomic E-state index is -0.487. The highest BCUT2D eigenvalue weighted by Gasteiger charge is 2.19. The predicted molar refractivity (Wildman–Crippen MR) is 90.3 cm³/mol. The second-order valence-corrected chi connectivity index (χ2v) is 6.20. The topological polar surface area (TPSA) is 83.8 Å². The van der Waals surface area contributed by atoms with E-state index < -0.39 is 5.60 Å². The lowest BCUT2D eigenvalue weighted by Crippen LogP contribution is -2.43. The van der Waals surface area contributed by atoms with E-state index in [-0.39, 0.29) is 6.09 Å². The fraction of sp³-hybridized carbons (Fsp3) is 0.667. The number of hydrogen-bond donors (Lipinski definition) is 2. The molecule has 0 saturated heterocycles. The Hall–Kier alpha value is -2.25. The van der Waals surface area contributed by atoms with Crippen LogP contribution in [0.15, 0.2) is 17.3 Å². The molecule has 0 spiro atoms. The third-order valence-electron chi connectivity index (χ3n) is 3.03. The number of carbonyl (C=O) groups is 1. The van der Waals surface area contributed by atoms with Crippen molar-refractivity contribution in [3.05, 3.63) is 18.0 Å². The molecular formula is C15H28N6O2. The predicted octanol–water partition coefficient (Wildman–Crippen LogP) is 0.952. The lowest BCUT2D eigenvalue weighted by Gasteiger charge is -2.24. The number of nitrogens with zero attached hydrogens (tertiary/aromatic N) is 4. The number of hydrogen-bond acceptors (Lipinski definition) is 4. The third kappa shape index (κ3) is 7.03. The van der Waals surface area contributed by atoms with Gasteiger partial charge < -0.3 is 20.3 Å². The van der Waals surface area contributed by atoms with Crippen molar-refractivity contribution in [2.45, 2.75) is 32.9 Å². The molecule has 0 saturated carbocycles. The lowest BCUT2D eigenvalue weighted by atomic mass is 10.2. The Morgan fingerprint density at radius 1 is 1.43 bits per heavy atom. The molecule has 1 aromatic rings. The van der Waals surface area contributed by atoms with Gasteiger partial charge in [-0.15, -0.1) is 0 Å². The van der Waals surface area contributed by atoms with Crippen molar-refractivity contribution in [3.8, 4) is 0 Å².